The lowest BCUT2D eigenvalue weighted by Crippen LogP contribution is -2.50. The molecule has 0 aliphatic carbocycles. The Morgan fingerprint density at radius 3 is 2.36 bits per heavy atom. The van der Waals surface area contributed by atoms with E-state index in [1.54, 1.807) is 36.4 Å². The molecule has 0 saturated heterocycles. The van der Waals surface area contributed by atoms with E-state index in [9.17, 15) is 19.5 Å². The summed E-state index contributed by atoms with van der Waals surface area (Å²) in [5, 5.41) is 10.3. The molecule has 1 aliphatic heterocycles. The number of aromatic carboxylic acids is 1. The Morgan fingerprint density at radius 2 is 1.64 bits per heavy atom. The van der Waals surface area contributed by atoms with Gasteiger partial charge in [-0.1, -0.05) is 30.3 Å². The van der Waals surface area contributed by atoms with Gasteiger partial charge >= 0.3 is 5.97 Å². The normalized spacial score (nSPS) is 13.3. The number of hydrazine groups is 1. The number of carbonyl (C=O) groups excluding carboxylic acids is 2. The highest BCUT2D eigenvalue weighted by Gasteiger charge is 2.29. The third kappa shape index (κ3) is 2.31. The summed E-state index contributed by atoms with van der Waals surface area (Å²) >= 11 is 0. The van der Waals surface area contributed by atoms with E-state index in [1.807, 2.05) is 0 Å². The predicted octanol–water partition coefficient (Wildman–Crippen LogP) is 1.62. The first-order valence-corrected chi connectivity index (χ1v) is 6.62. The molecule has 0 unspecified atom stereocenters. The maximum atomic E-state index is 12.7. The largest absolute Gasteiger partial charge is 0.478 e. The first-order chi connectivity index (χ1) is 10.6. The summed E-state index contributed by atoms with van der Waals surface area (Å²) in [6.07, 6.45) is 0.181. The molecule has 0 radical (unpaired) electrons. The standard InChI is InChI=1S/C16H12N2O4/c19-14-9-10-5-1-4-8-13(10)18(17-14)15(20)11-6-2-3-7-12(11)16(21)22/h1-8H,9H2,(H,17,19)(H,21,22). The molecule has 2 aromatic carbocycles. The van der Waals surface area contributed by atoms with Crippen molar-refractivity contribution in [3.8, 4) is 0 Å². The number of carboxylic acid groups (broad SMARTS) is 1. The number of amides is 2. The highest BCUT2D eigenvalue weighted by Crippen LogP contribution is 2.25. The number of rotatable bonds is 2. The van der Waals surface area contributed by atoms with Gasteiger partial charge in [0.25, 0.3) is 5.91 Å². The van der Waals surface area contributed by atoms with Crippen LogP contribution >= 0.6 is 0 Å². The van der Waals surface area contributed by atoms with Crippen molar-refractivity contribution in [2.45, 2.75) is 6.42 Å². The minimum absolute atomic E-state index is 0.0204. The number of fused-ring (bicyclic) bond motifs is 1. The molecular formula is C16H12N2O4. The van der Waals surface area contributed by atoms with Crippen molar-refractivity contribution in [3.63, 3.8) is 0 Å². The zero-order chi connectivity index (χ0) is 15.7. The molecule has 2 amide bonds. The molecule has 0 saturated carbocycles. The van der Waals surface area contributed by atoms with E-state index in [2.05, 4.69) is 5.43 Å². The minimum Gasteiger partial charge on any atom is -0.478 e. The maximum Gasteiger partial charge on any atom is 0.336 e. The Hall–Kier alpha value is -3.15. The number of carbonyl (C=O) groups is 3. The summed E-state index contributed by atoms with van der Waals surface area (Å²) < 4.78 is 0. The van der Waals surface area contributed by atoms with Gasteiger partial charge in [-0.25, -0.2) is 9.80 Å². The molecule has 22 heavy (non-hydrogen) atoms. The van der Waals surface area contributed by atoms with E-state index >= 15 is 0 Å². The Bertz CT molecular complexity index is 785. The van der Waals surface area contributed by atoms with Gasteiger partial charge in [-0.15, -0.1) is 0 Å². The topological polar surface area (TPSA) is 86.7 Å². The zero-order valence-corrected chi connectivity index (χ0v) is 11.4. The van der Waals surface area contributed by atoms with E-state index < -0.39 is 11.9 Å². The fourth-order valence-corrected chi connectivity index (χ4v) is 2.41. The third-order valence-corrected chi connectivity index (χ3v) is 3.41. The number of nitrogens with one attached hydrogen (secondary N) is 1. The predicted molar refractivity (Wildman–Crippen MR) is 78.5 cm³/mol. The molecular weight excluding hydrogens is 284 g/mol. The van der Waals surface area contributed by atoms with Gasteiger partial charge in [-0.2, -0.15) is 0 Å². The molecule has 0 atom stereocenters. The summed E-state index contributed by atoms with van der Waals surface area (Å²) in [4.78, 5) is 35.7. The third-order valence-electron chi connectivity index (χ3n) is 3.41. The van der Waals surface area contributed by atoms with E-state index in [1.165, 1.54) is 12.1 Å². The Kier molecular flexibility index (Phi) is 3.34. The number of nitrogens with zero attached hydrogens (tertiary/aromatic N) is 1. The monoisotopic (exact) mass is 296 g/mol. The van der Waals surface area contributed by atoms with Gasteiger partial charge in [-0.05, 0) is 23.8 Å². The maximum absolute atomic E-state index is 12.7. The minimum atomic E-state index is -1.19. The molecule has 6 nitrogen and oxygen atoms in total. The van der Waals surface area contributed by atoms with Gasteiger partial charge in [0.2, 0.25) is 5.91 Å². The molecule has 0 bridgehead atoms. The lowest BCUT2D eigenvalue weighted by Gasteiger charge is -2.29. The quantitative estimate of drug-likeness (QED) is 0.881. The van der Waals surface area contributed by atoms with Crippen molar-refractivity contribution in [3.05, 3.63) is 65.2 Å². The number of carboxylic acids is 1. The van der Waals surface area contributed by atoms with Crippen molar-refractivity contribution in [2.75, 3.05) is 5.01 Å². The van der Waals surface area contributed by atoms with Crippen molar-refractivity contribution in [2.24, 2.45) is 0 Å². The van der Waals surface area contributed by atoms with Crippen LogP contribution in [0.5, 0.6) is 0 Å². The second kappa shape index (κ2) is 5.33. The molecule has 6 heteroatoms. The van der Waals surface area contributed by atoms with Gasteiger partial charge in [0.1, 0.15) is 0 Å². The zero-order valence-electron chi connectivity index (χ0n) is 11.4. The molecule has 2 N–H and O–H groups in total. The number of hydrogen-bond acceptors (Lipinski definition) is 3. The van der Waals surface area contributed by atoms with Gasteiger partial charge in [-0.3, -0.25) is 15.0 Å². The lowest BCUT2D eigenvalue weighted by atomic mass is 10.0. The molecule has 0 fully saturated rings. The first-order valence-electron chi connectivity index (χ1n) is 6.62. The van der Waals surface area contributed by atoms with Gasteiger partial charge < -0.3 is 5.11 Å². The second-order valence-electron chi connectivity index (χ2n) is 4.83. The summed E-state index contributed by atoms with van der Waals surface area (Å²) in [5.74, 6) is -2.10. The van der Waals surface area contributed by atoms with Crippen molar-refractivity contribution >= 4 is 23.5 Å². The first kappa shape index (κ1) is 13.8. The fourth-order valence-electron chi connectivity index (χ4n) is 2.41. The van der Waals surface area contributed by atoms with Crippen LogP contribution in [0.4, 0.5) is 5.69 Å². The van der Waals surface area contributed by atoms with Crippen molar-refractivity contribution < 1.29 is 19.5 Å². The Labute approximate surface area is 126 Å². The summed E-state index contributed by atoms with van der Waals surface area (Å²) in [5.41, 5.74) is 3.67. The lowest BCUT2D eigenvalue weighted by molar-refractivity contribution is -0.120. The second-order valence-corrected chi connectivity index (χ2v) is 4.83. The van der Waals surface area contributed by atoms with Crippen LogP contribution in [-0.2, 0) is 11.2 Å². The summed E-state index contributed by atoms with van der Waals surface area (Å²) in [7, 11) is 0. The van der Waals surface area contributed by atoms with Crippen LogP contribution in [0.2, 0.25) is 0 Å². The van der Waals surface area contributed by atoms with Crippen LogP contribution in [0.1, 0.15) is 26.3 Å². The molecule has 110 valence electrons. The SMILES string of the molecule is O=C1Cc2ccccc2N(C(=O)c2ccccc2C(=O)O)N1. The van der Waals surface area contributed by atoms with E-state index in [0.29, 0.717) is 11.3 Å². The van der Waals surface area contributed by atoms with E-state index in [-0.39, 0.29) is 23.5 Å². The van der Waals surface area contributed by atoms with E-state index in [0.717, 1.165) is 5.01 Å². The Balaban J connectivity index is 2.07. The number of benzene rings is 2. The van der Waals surface area contributed by atoms with Crippen LogP contribution in [0.25, 0.3) is 0 Å². The summed E-state index contributed by atoms with van der Waals surface area (Å²) in [6.45, 7) is 0. The van der Waals surface area contributed by atoms with Gasteiger partial charge in [0.15, 0.2) is 0 Å². The molecule has 0 aromatic heterocycles. The van der Waals surface area contributed by atoms with Crippen LogP contribution in [0, 0.1) is 0 Å². The smallest absolute Gasteiger partial charge is 0.336 e. The average molecular weight is 296 g/mol. The average Bonchev–Trinajstić information content (AvgIpc) is 2.53. The molecule has 1 aliphatic rings. The van der Waals surface area contributed by atoms with Crippen LogP contribution in [0.3, 0.4) is 0 Å². The van der Waals surface area contributed by atoms with Crippen molar-refractivity contribution in [1.82, 2.24) is 5.43 Å². The number of hydrogen-bond donors (Lipinski definition) is 2. The van der Waals surface area contributed by atoms with Crippen LogP contribution < -0.4 is 10.4 Å². The number of anilines is 1. The van der Waals surface area contributed by atoms with Gasteiger partial charge in [0, 0.05) is 0 Å². The van der Waals surface area contributed by atoms with E-state index in [4.69, 9.17) is 0 Å². The fraction of sp³-hybridized carbons (Fsp3) is 0.0625. The van der Waals surface area contributed by atoms with Crippen LogP contribution in [0.15, 0.2) is 48.5 Å². The van der Waals surface area contributed by atoms with Crippen LogP contribution in [-0.4, -0.2) is 22.9 Å². The molecule has 3 rings (SSSR count). The van der Waals surface area contributed by atoms with Gasteiger partial charge in [0.05, 0.1) is 23.2 Å². The number of para-hydroxylation sites is 1. The molecule has 0 spiro atoms. The molecule has 2 aromatic rings. The summed E-state index contributed by atoms with van der Waals surface area (Å²) in [6, 6.07) is 12.9. The molecule has 1 heterocycles. The van der Waals surface area contributed by atoms with Crippen molar-refractivity contribution in [1.29, 1.82) is 0 Å². The highest BCUT2D eigenvalue weighted by atomic mass is 16.4. The highest BCUT2D eigenvalue weighted by molar-refractivity contribution is 6.13. The Morgan fingerprint density at radius 1 is 1.00 bits per heavy atom.